The quantitative estimate of drug-likeness (QED) is 0.131. The van der Waals surface area contributed by atoms with Crippen molar-refractivity contribution < 1.29 is 0 Å². The molecule has 5 aromatic carbocycles. The third kappa shape index (κ3) is 3.55. The summed E-state index contributed by atoms with van der Waals surface area (Å²) < 4.78 is 0. The lowest BCUT2D eigenvalue weighted by Gasteiger charge is -2.41. The van der Waals surface area contributed by atoms with Crippen molar-refractivity contribution in [3.8, 4) is 11.1 Å². The van der Waals surface area contributed by atoms with Crippen LogP contribution in [0.1, 0.15) is 41.7 Å². The minimum atomic E-state index is -0.0520. The molecule has 0 radical (unpaired) electrons. The zero-order chi connectivity index (χ0) is 27.8. The van der Waals surface area contributed by atoms with Crippen molar-refractivity contribution in [1.82, 2.24) is 0 Å². The van der Waals surface area contributed by atoms with E-state index >= 15 is 0 Å². The Labute approximate surface area is 244 Å². The van der Waals surface area contributed by atoms with E-state index in [4.69, 9.17) is 12.6 Å². The second-order valence-electron chi connectivity index (χ2n) is 11.9. The summed E-state index contributed by atoms with van der Waals surface area (Å²) >= 11 is 4.94. The first kappa shape index (κ1) is 25.2. The molecule has 0 saturated heterocycles. The van der Waals surface area contributed by atoms with Gasteiger partial charge in [-0.1, -0.05) is 121 Å². The highest BCUT2D eigenvalue weighted by atomic mass is 32.1. The molecule has 0 aliphatic heterocycles. The molecule has 0 N–H and O–H groups in total. The number of fused-ring (bicyclic) bond motifs is 5. The standard InChI is InChI=1S/C38H33BS/c1-22-17-18-25-20-31(26-11-9-10-16-32(26)38(25,4)21-22)34-27-12-5-7-14-29(27)35(30-15-8-6-13-28(30)34)33-23(2)19-24(3)37(40)36(33)39/h5-21,25,40H,39H2,1-4H3/t25-,38?/m0/s1. The van der Waals surface area contributed by atoms with Gasteiger partial charge in [0.25, 0.3) is 0 Å². The van der Waals surface area contributed by atoms with Gasteiger partial charge in [-0.25, -0.2) is 0 Å². The Kier molecular flexibility index (Phi) is 5.77. The highest BCUT2D eigenvalue weighted by Crippen LogP contribution is 2.51. The summed E-state index contributed by atoms with van der Waals surface area (Å²) in [6.45, 7) is 9.01. The molecule has 0 fully saturated rings. The van der Waals surface area contributed by atoms with Crippen LogP contribution in [-0.4, -0.2) is 7.85 Å². The van der Waals surface area contributed by atoms with Gasteiger partial charge in [0.15, 0.2) is 0 Å². The Bertz CT molecular complexity index is 1910. The van der Waals surface area contributed by atoms with E-state index in [1.807, 2.05) is 0 Å². The number of benzene rings is 5. The molecule has 0 heterocycles. The number of aryl methyl sites for hydroxylation is 2. The molecule has 7 rings (SSSR count). The fraction of sp³-hybridized carbons (Fsp3) is 0.158. The van der Waals surface area contributed by atoms with Crippen LogP contribution in [0.3, 0.4) is 0 Å². The molecule has 0 aromatic heterocycles. The Balaban J connectivity index is 1.63. The summed E-state index contributed by atoms with van der Waals surface area (Å²) in [4.78, 5) is 1.08. The minimum Gasteiger partial charge on any atom is -0.144 e. The van der Waals surface area contributed by atoms with E-state index in [1.54, 1.807) is 0 Å². The molecule has 1 unspecified atom stereocenters. The summed E-state index contributed by atoms with van der Waals surface area (Å²) in [5, 5.41) is 5.18. The van der Waals surface area contributed by atoms with Crippen molar-refractivity contribution in [2.45, 2.75) is 38.0 Å². The Morgan fingerprint density at radius 3 is 1.95 bits per heavy atom. The van der Waals surface area contributed by atoms with Crippen LogP contribution >= 0.6 is 12.6 Å². The van der Waals surface area contributed by atoms with Crippen LogP contribution in [0.15, 0.2) is 114 Å². The summed E-state index contributed by atoms with van der Waals surface area (Å²) in [5.41, 5.74) is 13.1. The van der Waals surface area contributed by atoms with Gasteiger partial charge in [-0.15, -0.1) is 12.6 Å². The molecule has 0 saturated carbocycles. The SMILES string of the molecule is Bc1c(S)c(C)cc(C)c1-c1c2ccccc2c(C2=C[C@@H]3C=CC(C)=CC3(C)c3ccccc32)c2ccccc12. The van der Waals surface area contributed by atoms with Crippen molar-refractivity contribution in [2.24, 2.45) is 5.92 Å². The lowest BCUT2D eigenvalue weighted by atomic mass is 9.62. The zero-order valence-electron chi connectivity index (χ0n) is 23.8. The third-order valence-corrected chi connectivity index (χ3v) is 10.0. The van der Waals surface area contributed by atoms with Gasteiger partial charge < -0.3 is 0 Å². The van der Waals surface area contributed by atoms with Gasteiger partial charge in [-0.05, 0) is 86.8 Å². The van der Waals surface area contributed by atoms with Gasteiger partial charge in [0.2, 0.25) is 0 Å². The largest absolute Gasteiger partial charge is 0.144 e. The fourth-order valence-corrected chi connectivity index (χ4v) is 7.66. The molecule has 2 heteroatoms. The van der Waals surface area contributed by atoms with E-state index in [2.05, 4.69) is 139 Å². The first-order valence-electron chi connectivity index (χ1n) is 14.2. The molecule has 2 aliphatic carbocycles. The van der Waals surface area contributed by atoms with Crippen LogP contribution in [0.25, 0.3) is 38.2 Å². The monoisotopic (exact) mass is 532 g/mol. The van der Waals surface area contributed by atoms with Crippen molar-refractivity contribution in [3.05, 3.63) is 137 Å². The predicted molar refractivity (Wildman–Crippen MR) is 179 cm³/mol. The van der Waals surface area contributed by atoms with Gasteiger partial charge >= 0.3 is 0 Å². The summed E-state index contributed by atoms with van der Waals surface area (Å²) in [6.07, 6.45) is 9.67. The molecule has 40 heavy (non-hydrogen) atoms. The maximum atomic E-state index is 4.94. The van der Waals surface area contributed by atoms with Crippen molar-refractivity contribution in [2.75, 3.05) is 0 Å². The van der Waals surface area contributed by atoms with Gasteiger partial charge in [-0.2, -0.15) is 0 Å². The highest BCUT2D eigenvalue weighted by molar-refractivity contribution is 7.80. The van der Waals surface area contributed by atoms with E-state index in [0.717, 1.165) is 4.90 Å². The summed E-state index contributed by atoms with van der Waals surface area (Å²) in [6, 6.07) is 29.3. The minimum absolute atomic E-state index is 0.0520. The number of rotatable bonds is 2. The molecule has 2 aliphatic rings. The van der Waals surface area contributed by atoms with Crippen LogP contribution in [0, 0.1) is 19.8 Å². The van der Waals surface area contributed by atoms with Crippen LogP contribution in [0.4, 0.5) is 0 Å². The van der Waals surface area contributed by atoms with Crippen LogP contribution in [0.2, 0.25) is 0 Å². The smallest absolute Gasteiger partial charge is 0.141 e. The first-order valence-corrected chi connectivity index (χ1v) is 14.7. The molecule has 0 amide bonds. The van der Waals surface area contributed by atoms with Crippen molar-refractivity contribution >= 4 is 53.1 Å². The van der Waals surface area contributed by atoms with Gasteiger partial charge in [0, 0.05) is 16.2 Å². The molecule has 194 valence electrons. The Hall–Kier alpha value is -3.75. The normalized spacial score (nSPS) is 19.8. The van der Waals surface area contributed by atoms with Gasteiger partial charge in [0.05, 0.1) is 0 Å². The van der Waals surface area contributed by atoms with Crippen LogP contribution < -0.4 is 5.46 Å². The van der Waals surface area contributed by atoms with E-state index in [-0.39, 0.29) is 5.41 Å². The topological polar surface area (TPSA) is 0 Å². The lowest BCUT2D eigenvalue weighted by Crippen LogP contribution is -2.33. The lowest BCUT2D eigenvalue weighted by molar-refractivity contribution is 0.488. The molecule has 0 spiro atoms. The fourth-order valence-electron chi connectivity index (χ4n) is 7.48. The number of hydrogen-bond acceptors (Lipinski definition) is 1. The second-order valence-corrected chi connectivity index (χ2v) is 12.3. The van der Waals surface area contributed by atoms with Crippen molar-refractivity contribution in [3.63, 3.8) is 0 Å². The Morgan fingerprint density at radius 1 is 0.725 bits per heavy atom. The molecule has 5 aromatic rings. The number of hydrogen-bond donors (Lipinski definition) is 1. The molecule has 0 nitrogen and oxygen atoms in total. The molecule has 0 bridgehead atoms. The third-order valence-electron chi connectivity index (χ3n) is 9.31. The van der Waals surface area contributed by atoms with E-state index < -0.39 is 0 Å². The molecular formula is C38H33BS. The van der Waals surface area contributed by atoms with Crippen LogP contribution in [0.5, 0.6) is 0 Å². The highest BCUT2D eigenvalue weighted by Gasteiger charge is 2.39. The molecule has 2 atom stereocenters. The average molecular weight is 533 g/mol. The summed E-state index contributed by atoms with van der Waals surface area (Å²) in [7, 11) is 2.22. The zero-order valence-corrected chi connectivity index (χ0v) is 24.7. The Morgan fingerprint density at radius 2 is 1.30 bits per heavy atom. The second kappa shape index (κ2) is 9.15. The van der Waals surface area contributed by atoms with E-state index in [9.17, 15) is 0 Å². The summed E-state index contributed by atoms with van der Waals surface area (Å²) in [5.74, 6) is 0.298. The van der Waals surface area contributed by atoms with E-state index in [1.165, 1.54) is 77.1 Å². The first-order chi connectivity index (χ1) is 19.3. The number of allylic oxidation sites excluding steroid dienone is 5. The van der Waals surface area contributed by atoms with E-state index in [0.29, 0.717) is 5.92 Å². The van der Waals surface area contributed by atoms with Crippen molar-refractivity contribution in [1.29, 1.82) is 0 Å². The maximum absolute atomic E-state index is 4.94. The number of thiol groups is 1. The molecular weight excluding hydrogens is 499 g/mol. The van der Waals surface area contributed by atoms with Crippen LogP contribution in [-0.2, 0) is 5.41 Å². The average Bonchev–Trinajstić information content (AvgIpc) is 2.95. The van der Waals surface area contributed by atoms with Gasteiger partial charge in [-0.3, -0.25) is 0 Å². The van der Waals surface area contributed by atoms with Gasteiger partial charge in [0.1, 0.15) is 7.85 Å². The maximum Gasteiger partial charge on any atom is 0.141 e. The predicted octanol–water partition coefficient (Wildman–Crippen LogP) is 8.66.